The van der Waals surface area contributed by atoms with Crippen molar-refractivity contribution in [2.45, 2.75) is 104 Å². The van der Waals surface area contributed by atoms with Crippen LogP contribution in [0.5, 0.6) is 11.5 Å². The summed E-state index contributed by atoms with van der Waals surface area (Å²) in [5.74, 6) is 0.839. The van der Waals surface area contributed by atoms with E-state index in [1.165, 1.54) is 51.4 Å². The largest absolute Gasteiger partial charge is 0.492 e. The molecular formula is C28H40N2O3. The molecule has 2 rings (SSSR count). The number of carbonyl (C=O) groups is 1. The molecule has 0 N–H and O–H groups in total. The molecule has 1 aromatic rings. The van der Waals surface area contributed by atoms with E-state index in [-0.39, 0.29) is 28.8 Å². The Morgan fingerprint density at radius 3 is 2.09 bits per heavy atom. The fraction of sp³-hybridized carbons (Fsp3) is 0.679. The van der Waals surface area contributed by atoms with Gasteiger partial charge in [0, 0.05) is 0 Å². The smallest absolute Gasteiger partial charge is 0.314 e. The summed E-state index contributed by atoms with van der Waals surface area (Å²) >= 11 is 0. The SMILES string of the molecule is CCCCCCCCOc1ccc(OC(=O)C2CCC(CCCCC)CC2)c(C#N)c1C#N. The van der Waals surface area contributed by atoms with E-state index in [0.717, 1.165) is 38.5 Å². The predicted molar refractivity (Wildman–Crippen MR) is 130 cm³/mol. The number of nitrogens with zero attached hydrogens (tertiary/aromatic N) is 2. The lowest BCUT2D eigenvalue weighted by molar-refractivity contribution is -0.140. The van der Waals surface area contributed by atoms with Gasteiger partial charge < -0.3 is 9.47 Å². The molecule has 0 bridgehead atoms. The highest BCUT2D eigenvalue weighted by atomic mass is 16.5. The lowest BCUT2D eigenvalue weighted by atomic mass is 9.80. The Balaban J connectivity index is 1.90. The zero-order valence-electron chi connectivity index (χ0n) is 20.5. The van der Waals surface area contributed by atoms with Gasteiger partial charge in [-0.3, -0.25) is 4.79 Å². The van der Waals surface area contributed by atoms with Crippen LogP contribution in [0.25, 0.3) is 0 Å². The average molecular weight is 453 g/mol. The second-order valence-electron chi connectivity index (χ2n) is 9.29. The minimum absolute atomic E-state index is 0.0829. The van der Waals surface area contributed by atoms with E-state index in [1.807, 2.05) is 6.07 Å². The number of esters is 1. The molecule has 0 radical (unpaired) electrons. The topological polar surface area (TPSA) is 83.1 Å². The van der Waals surface area contributed by atoms with Crippen molar-refractivity contribution < 1.29 is 14.3 Å². The number of nitriles is 2. The molecule has 1 aliphatic carbocycles. The number of rotatable bonds is 14. The molecule has 0 unspecified atom stereocenters. The minimum atomic E-state index is -0.289. The maximum Gasteiger partial charge on any atom is 0.314 e. The van der Waals surface area contributed by atoms with Crippen LogP contribution in [0.3, 0.4) is 0 Å². The van der Waals surface area contributed by atoms with Crippen molar-refractivity contribution in [3.63, 3.8) is 0 Å². The van der Waals surface area contributed by atoms with E-state index in [4.69, 9.17) is 9.47 Å². The Bertz CT molecular complexity index is 814. The van der Waals surface area contributed by atoms with E-state index in [1.54, 1.807) is 12.1 Å². The molecule has 0 heterocycles. The van der Waals surface area contributed by atoms with Gasteiger partial charge in [0.15, 0.2) is 0 Å². The first kappa shape index (κ1) is 26.7. The van der Waals surface area contributed by atoms with Crippen LogP contribution in [0.15, 0.2) is 12.1 Å². The van der Waals surface area contributed by atoms with Crippen molar-refractivity contribution in [3.8, 4) is 23.6 Å². The van der Waals surface area contributed by atoms with E-state index >= 15 is 0 Å². The molecule has 1 aromatic carbocycles. The summed E-state index contributed by atoms with van der Waals surface area (Å²) in [7, 11) is 0. The molecule has 0 amide bonds. The highest BCUT2D eigenvalue weighted by molar-refractivity contribution is 5.77. The Morgan fingerprint density at radius 2 is 1.42 bits per heavy atom. The van der Waals surface area contributed by atoms with Crippen molar-refractivity contribution in [1.82, 2.24) is 0 Å². The number of hydrogen-bond donors (Lipinski definition) is 0. The van der Waals surface area contributed by atoms with Gasteiger partial charge in [0.25, 0.3) is 0 Å². The number of benzene rings is 1. The summed E-state index contributed by atoms with van der Waals surface area (Å²) in [4.78, 5) is 12.8. The Labute approximate surface area is 200 Å². The molecule has 0 spiro atoms. The van der Waals surface area contributed by atoms with Gasteiger partial charge in [-0.15, -0.1) is 0 Å². The first-order valence-corrected chi connectivity index (χ1v) is 13.0. The molecule has 5 nitrogen and oxygen atoms in total. The van der Waals surface area contributed by atoms with E-state index in [2.05, 4.69) is 19.9 Å². The van der Waals surface area contributed by atoms with Crippen LogP contribution in [-0.2, 0) is 4.79 Å². The lowest BCUT2D eigenvalue weighted by Gasteiger charge is -2.27. The van der Waals surface area contributed by atoms with Gasteiger partial charge in [-0.25, -0.2) is 0 Å². The van der Waals surface area contributed by atoms with E-state index in [0.29, 0.717) is 18.3 Å². The molecule has 0 aromatic heterocycles. The summed E-state index contributed by atoms with van der Waals surface area (Å²) in [6.45, 7) is 4.92. The molecule has 0 saturated heterocycles. The molecule has 0 atom stereocenters. The molecule has 5 heteroatoms. The standard InChI is InChI=1S/C28H40N2O3/c1-3-5-7-8-9-11-19-32-26-17-18-27(25(21-30)24(26)20-29)33-28(31)23-15-13-22(14-16-23)12-10-6-4-2/h17-18,22-23H,3-16,19H2,1-2H3. The monoisotopic (exact) mass is 452 g/mol. The lowest BCUT2D eigenvalue weighted by Crippen LogP contribution is -2.26. The summed E-state index contributed by atoms with van der Waals surface area (Å²) < 4.78 is 11.4. The number of carbonyl (C=O) groups excluding carboxylic acids is 1. The highest BCUT2D eigenvalue weighted by Crippen LogP contribution is 2.35. The zero-order valence-corrected chi connectivity index (χ0v) is 20.5. The zero-order chi connectivity index (χ0) is 23.9. The highest BCUT2D eigenvalue weighted by Gasteiger charge is 2.28. The molecule has 1 fully saturated rings. The quantitative estimate of drug-likeness (QED) is 0.166. The maximum atomic E-state index is 12.8. The van der Waals surface area contributed by atoms with Crippen molar-refractivity contribution in [2.75, 3.05) is 6.61 Å². The number of ether oxygens (including phenoxy) is 2. The van der Waals surface area contributed by atoms with Crippen molar-refractivity contribution >= 4 is 5.97 Å². The predicted octanol–water partition coefficient (Wildman–Crippen LogP) is 7.46. The van der Waals surface area contributed by atoms with Gasteiger partial charge in [0.1, 0.15) is 34.8 Å². The van der Waals surface area contributed by atoms with Gasteiger partial charge in [0.05, 0.1) is 12.5 Å². The van der Waals surface area contributed by atoms with Gasteiger partial charge in [-0.05, 0) is 50.2 Å². The average Bonchev–Trinajstić information content (AvgIpc) is 2.84. The molecule has 33 heavy (non-hydrogen) atoms. The van der Waals surface area contributed by atoms with E-state index < -0.39 is 0 Å². The van der Waals surface area contributed by atoms with E-state index in [9.17, 15) is 15.3 Å². The fourth-order valence-corrected chi connectivity index (χ4v) is 4.62. The Morgan fingerprint density at radius 1 is 0.848 bits per heavy atom. The van der Waals surface area contributed by atoms with Crippen LogP contribution in [0.1, 0.15) is 115 Å². The van der Waals surface area contributed by atoms with Crippen LogP contribution < -0.4 is 9.47 Å². The fourth-order valence-electron chi connectivity index (χ4n) is 4.62. The van der Waals surface area contributed by atoms with Crippen molar-refractivity contribution in [1.29, 1.82) is 10.5 Å². The molecule has 0 aliphatic heterocycles. The normalized spacial score (nSPS) is 17.7. The summed E-state index contributed by atoms with van der Waals surface area (Å²) in [6.07, 6.45) is 15.7. The first-order chi connectivity index (χ1) is 16.1. The van der Waals surface area contributed by atoms with Crippen LogP contribution in [0.4, 0.5) is 0 Å². The van der Waals surface area contributed by atoms with Gasteiger partial charge in [0.2, 0.25) is 0 Å². The van der Waals surface area contributed by atoms with Crippen molar-refractivity contribution in [3.05, 3.63) is 23.3 Å². The summed E-state index contributed by atoms with van der Waals surface area (Å²) in [5, 5.41) is 19.3. The van der Waals surface area contributed by atoms with Crippen LogP contribution in [0, 0.1) is 34.5 Å². The van der Waals surface area contributed by atoms with Gasteiger partial charge >= 0.3 is 5.97 Å². The number of unbranched alkanes of at least 4 members (excludes halogenated alkanes) is 7. The first-order valence-electron chi connectivity index (χ1n) is 13.0. The third-order valence-corrected chi connectivity index (χ3v) is 6.71. The minimum Gasteiger partial charge on any atom is -0.492 e. The second kappa shape index (κ2) is 15.3. The van der Waals surface area contributed by atoms with Crippen molar-refractivity contribution in [2.24, 2.45) is 11.8 Å². The van der Waals surface area contributed by atoms with Crippen LogP contribution in [0.2, 0.25) is 0 Å². The molecule has 180 valence electrons. The van der Waals surface area contributed by atoms with Crippen LogP contribution >= 0.6 is 0 Å². The summed E-state index contributed by atoms with van der Waals surface area (Å²) in [5.41, 5.74) is 0.230. The molecule has 1 aliphatic rings. The van der Waals surface area contributed by atoms with Gasteiger partial charge in [-0.2, -0.15) is 10.5 Å². The third-order valence-electron chi connectivity index (χ3n) is 6.71. The Hall–Kier alpha value is -2.53. The maximum absolute atomic E-state index is 12.8. The third kappa shape index (κ3) is 8.73. The molecule has 1 saturated carbocycles. The molecular weight excluding hydrogens is 412 g/mol. The Kier molecular flexibility index (Phi) is 12.4. The number of hydrogen-bond acceptors (Lipinski definition) is 5. The second-order valence-corrected chi connectivity index (χ2v) is 9.29. The summed E-state index contributed by atoms with van der Waals surface area (Å²) in [6, 6.07) is 7.34. The van der Waals surface area contributed by atoms with Crippen LogP contribution in [-0.4, -0.2) is 12.6 Å². The van der Waals surface area contributed by atoms with Gasteiger partial charge in [-0.1, -0.05) is 71.6 Å².